The molecule has 0 saturated heterocycles. The van der Waals surface area contributed by atoms with E-state index in [9.17, 15) is 0 Å². The van der Waals surface area contributed by atoms with E-state index in [-0.39, 0.29) is 0 Å². The lowest BCUT2D eigenvalue weighted by molar-refractivity contribution is -0.513. The molecule has 1 rings (SSSR count). The van der Waals surface area contributed by atoms with Crippen LogP contribution in [0.4, 0.5) is 0 Å². The molecule has 166 valence electrons. The number of unbranched alkanes of at least 4 members (excludes halogenated alkanes) is 7. The Kier molecular flexibility index (Phi) is 15.0. The first-order valence-corrected chi connectivity index (χ1v) is 13.9. The van der Waals surface area contributed by atoms with Crippen LogP contribution in [0.3, 0.4) is 0 Å². The Bertz CT molecular complexity index is 390. The van der Waals surface area contributed by atoms with Crippen molar-refractivity contribution in [3.63, 3.8) is 0 Å². The summed E-state index contributed by atoms with van der Waals surface area (Å²) in [5.41, 5.74) is 0. The van der Waals surface area contributed by atoms with Crippen LogP contribution in [0, 0.1) is 0 Å². The fourth-order valence-electron chi connectivity index (χ4n) is 3.89. The molecule has 0 aromatic heterocycles. The van der Waals surface area contributed by atoms with Gasteiger partial charge in [-0.05, 0) is 40.0 Å². The van der Waals surface area contributed by atoms with Gasteiger partial charge in [0.15, 0.2) is 0 Å². The van der Waals surface area contributed by atoms with Crippen LogP contribution in [-0.2, 0) is 13.3 Å². The number of rotatable bonds is 19. The second-order valence-corrected chi connectivity index (χ2v) is 10.5. The Hall–Kier alpha value is -0.433. The Morgan fingerprint density at radius 3 is 1.93 bits per heavy atom. The fraction of sp³-hybridized carbons (Fsp3) is 0.955. The first-order valence-electron chi connectivity index (χ1n) is 11.9. The summed E-state index contributed by atoms with van der Waals surface area (Å²) in [6.45, 7) is 14.9. The molecule has 5 nitrogen and oxygen atoms in total. The third-order valence-electron chi connectivity index (χ3n) is 5.32. The van der Waals surface area contributed by atoms with Crippen molar-refractivity contribution in [3.05, 3.63) is 0 Å². The fourth-order valence-corrected chi connectivity index (χ4v) is 6.48. The molecule has 1 aliphatic rings. The van der Waals surface area contributed by atoms with Crippen molar-refractivity contribution in [3.8, 4) is 0 Å². The van der Waals surface area contributed by atoms with E-state index in [1.54, 1.807) is 0 Å². The van der Waals surface area contributed by atoms with Gasteiger partial charge in [-0.3, -0.25) is 9.48 Å². The molecular formula is C22H47N2O3Si+. The summed E-state index contributed by atoms with van der Waals surface area (Å²) in [5, 5.41) is 0. The van der Waals surface area contributed by atoms with Gasteiger partial charge in [-0.2, -0.15) is 0 Å². The lowest BCUT2D eigenvalue weighted by Gasteiger charge is -2.28. The van der Waals surface area contributed by atoms with Gasteiger partial charge >= 0.3 is 8.80 Å². The molecule has 0 unspecified atom stereocenters. The van der Waals surface area contributed by atoms with Gasteiger partial charge in [-0.15, -0.1) is 0 Å². The minimum atomic E-state index is -2.48. The first-order chi connectivity index (χ1) is 13.7. The van der Waals surface area contributed by atoms with Crippen LogP contribution in [0.1, 0.15) is 85.5 Å². The lowest BCUT2D eigenvalue weighted by Crippen LogP contribution is -2.46. The van der Waals surface area contributed by atoms with Crippen LogP contribution >= 0.6 is 0 Å². The molecule has 28 heavy (non-hydrogen) atoms. The van der Waals surface area contributed by atoms with Crippen molar-refractivity contribution >= 4 is 15.1 Å². The topological polar surface area (TPSA) is 33.9 Å². The third-order valence-corrected chi connectivity index (χ3v) is 8.47. The van der Waals surface area contributed by atoms with E-state index in [0.717, 1.165) is 25.6 Å². The maximum atomic E-state index is 5.96. The quantitative estimate of drug-likeness (QED) is 0.170. The number of nitrogens with zero attached hydrogens (tertiary/aromatic N) is 2. The molecule has 0 spiro atoms. The van der Waals surface area contributed by atoms with Crippen molar-refractivity contribution in [1.29, 1.82) is 0 Å². The molecule has 0 bridgehead atoms. The monoisotopic (exact) mass is 415 g/mol. The van der Waals surface area contributed by atoms with Crippen molar-refractivity contribution in [2.75, 3.05) is 46.0 Å². The third kappa shape index (κ3) is 10.9. The van der Waals surface area contributed by atoms with E-state index in [0.29, 0.717) is 19.8 Å². The van der Waals surface area contributed by atoms with E-state index < -0.39 is 8.80 Å². The van der Waals surface area contributed by atoms with Crippen LogP contribution in [0.5, 0.6) is 0 Å². The van der Waals surface area contributed by atoms with E-state index in [4.69, 9.17) is 13.3 Å². The second-order valence-electron chi connectivity index (χ2n) is 7.75. The predicted octanol–water partition coefficient (Wildman–Crippen LogP) is 4.92. The van der Waals surface area contributed by atoms with Crippen LogP contribution < -0.4 is 0 Å². The molecule has 0 saturated carbocycles. The van der Waals surface area contributed by atoms with E-state index >= 15 is 0 Å². The average molecular weight is 416 g/mol. The minimum absolute atomic E-state index is 0.661. The zero-order chi connectivity index (χ0) is 20.5. The normalized spacial score (nSPS) is 14.7. The molecule has 0 aromatic rings. The Morgan fingerprint density at radius 2 is 1.36 bits per heavy atom. The highest BCUT2D eigenvalue weighted by Gasteiger charge is 2.40. The predicted molar refractivity (Wildman–Crippen MR) is 120 cm³/mol. The van der Waals surface area contributed by atoms with Crippen molar-refractivity contribution in [2.24, 2.45) is 0 Å². The first kappa shape index (κ1) is 25.6. The molecule has 0 fully saturated rings. The summed E-state index contributed by atoms with van der Waals surface area (Å²) in [7, 11) is -2.48. The van der Waals surface area contributed by atoms with Crippen molar-refractivity contribution < 1.29 is 17.9 Å². The second kappa shape index (κ2) is 16.4. The molecule has 0 atom stereocenters. The van der Waals surface area contributed by atoms with Crippen LogP contribution in [0.25, 0.3) is 0 Å². The summed E-state index contributed by atoms with van der Waals surface area (Å²) >= 11 is 0. The van der Waals surface area contributed by atoms with Crippen LogP contribution in [0.15, 0.2) is 0 Å². The highest BCUT2D eigenvalue weighted by molar-refractivity contribution is 6.60. The van der Waals surface area contributed by atoms with Gasteiger partial charge in [-0.25, -0.2) is 0 Å². The van der Waals surface area contributed by atoms with Gasteiger partial charge in [0, 0.05) is 25.9 Å². The zero-order valence-electron chi connectivity index (χ0n) is 19.2. The van der Waals surface area contributed by atoms with E-state index in [2.05, 4.69) is 22.7 Å². The molecule has 0 amide bonds. The smallest absolute Gasteiger partial charge is 0.374 e. The van der Waals surface area contributed by atoms with Crippen LogP contribution in [-0.4, -0.2) is 70.6 Å². The van der Waals surface area contributed by atoms with E-state index in [1.165, 1.54) is 64.5 Å². The highest BCUT2D eigenvalue weighted by atomic mass is 28.4. The largest absolute Gasteiger partial charge is 0.501 e. The maximum absolute atomic E-state index is 5.96. The Labute approximate surface area is 175 Å². The molecule has 6 heteroatoms. The number of hydrogen-bond donors (Lipinski definition) is 0. The lowest BCUT2D eigenvalue weighted by atomic mass is 10.1. The van der Waals surface area contributed by atoms with Gasteiger partial charge in [0.1, 0.15) is 13.1 Å². The molecule has 1 heterocycles. The molecule has 0 aromatic carbocycles. The van der Waals surface area contributed by atoms with Gasteiger partial charge in [0.05, 0.1) is 13.1 Å². The number of hydrogen-bond acceptors (Lipinski definition) is 4. The van der Waals surface area contributed by atoms with E-state index in [1.807, 2.05) is 20.8 Å². The summed E-state index contributed by atoms with van der Waals surface area (Å²) in [4.78, 5) is 2.50. The van der Waals surface area contributed by atoms with Gasteiger partial charge in [0.25, 0.3) is 0 Å². The molecule has 0 N–H and O–H groups in total. The van der Waals surface area contributed by atoms with Crippen molar-refractivity contribution in [2.45, 2.75) is 91.5 Å². The van der Waals surface area contributed by atoms with Crippen molar-refractivity contribution in [1.82, 2.24) is 4.90 Å². The molecule has 0 aliphatic carbocycles. The minimum Gasteiger partial charge on any atom is -0.374 e. The summed E-state index contributed by atoms with van der Waals surface area (Å²) in [6, 6.07) is 0.908. The Morgan fingerprint density at radius 1 is 0.786 bits per heavy atom. The van der Waals surface area contributed by atoms with Gasteiger partial charge < -0.3 is 13.3 Å². The average Bonchev–Trinajstić information content (AvgIpc) is 3.12. The molecular weight excluding hydrogens is 368 g/mol. The summed E-state index contributed by atoms with van der Waals surface area (Å²) in [5.74, 6) is 0. The standard InChI is InChI=1S/C22H47N2O3Si/c1-5-9-10-11-12-13-14-15-17-23-19-20-24(22-23)18-16-21-28(25-6-2,26-7-3)27-8-4/h22H,5-21H2,1-4H3/q+1. The molecule has 0 radical (unpaired) electrons. The summed E-state index contributed by atoms with van der Waals surface area (Å²) < 4.78 is 20.3. The SMILES string of the molecule is CCCCCCCCCCN1C=[N+](CCC[Si](OCC)(OCC)OCC)CC1. The highest BCUT2D eigenvalue weighted by Crippen LogP contribution is 2.18. The summed E-state index contributed by atoms with van der Waals surface area (Å²) in [6.07, 6.45) is 14.5. The maximum Gasteiger partial charge on any atom is 0.501 e. The van der Waals surface area contributed by atoms with Crippen LogP contribution in [0.2, 0.25) is 6.04 Å². The van der Waals surface area contributed by atoms with Gasteiger partial charge in [-0.1, -0.05) is 45.4 Å². The molecule has 1 aliphatic heterocycles. The zero-order valence-corrected chi connectivity index (χ0v) is 20.2. The van der Waals surface area contributed by atoms with Gasteiger partial charge in [0.2, 0.25) is 6.34 Å². The Balaban J connectivity index is 2.21.